The van der Waals surface area contributed by atoms with Crippen molar-refractivity contribution in [3.63, 3.8) is 0 Å². The first-order valence-electron chi connectivity index (χ1n) is 23.4. The molecule has 0 aromatic carbocycles. The van der Waals surface area contributed by atoms with Crippen LogP contribution in [0.25, 0.3) is 22.9 Å². The van der Waals surface area contributed by atoms with Gasteiger partial charge in [-0.05, 0) is 59.6 Å². The number of halogens is 4. The molecule has 10 heterocycles. The van der Waals surface area contributed by atoms with Gasteiger partial charge in [-0.3, -0.25) is 19.0 Å². The molecule has 2 aliphatic carbocycles. The zero-order valence-electron chi connectivity index (χ0n) is 40.0. The molecule has 10 aromatic heterocycles. The minimum Gasteiger partial charge on any atom is -0.324 e. The maximum Gasteiger partial charge on any atom is 0.238 e. The Kier molecular flexibility index (Phi) is 11.0. The molecule has 2 aliphatic rings. The summed E-state index contributed by atoms with van der Waals surface area (Å²) in [4.78, 5) is 49.1. The molecule has 0 bridgehead atoms. The van der Waals surface area contributed by atoms with E-state index in [0.29, 0.717) is 51.7 Å². The minimum absolute atomic E-state index is 0.0532. The lowest BCUT2D eigenvalue weighted by Crippen LogP contribution is -2.25. The summed E-state index contributed by atoms with van der Waals surface area (Å²) in [7, 11) is 0. The summed E-state index contributed by atoms with van der Waals surface area (Å²) < 4.78 is 38.0. The van der Waals surface area contributed by atoms with Gasteiger partial charge in [-0.25, -0.2) is 29.0 Å². The molecule has 0 radical (unpaired) electrons. The normalized spacial score (nSPS) is 19.6. The van der Waals surface area contributed by atoms with Gasteiger partial charge >= 0.3 is 0 Å². The summed E-state index contributed by atoms with van der Waals surface area (Å²) in [5.41, 5.74) is 3.49. The van der Waals surface area contributed by atoms with Crippen LogP contribution in [0.3, 0.4) is 0 Å². The second-order valence-electron chi connectivity index (χ2n) is 19.3. The molecule has 0 fully saturated rings. The zero-order chi connectivity index (χ0) is 51.4. The summed E-state index contributed by atoms with van der Waals surface area (Å²) >= 11 is 13.1. The van der Waals surface area contributed by atoms with Crippen LogP contribution in [0.4, 0.5) is 20.2 Å². The molecule has 0 saturated carbocycles. The molecule has 22 nitrogen and oxygen atoms in total. The fourth-order valence-electron chi connectivity index (χ4n) is 10.5. The molecule has 74 heavy (non-hydrogen) atoms. The fourth-order valence-corrected chi connectivity index (χ4v) is 11.0. The Morgan fingerprint density at radius 2 is 1.18 bits per heavy atom. The van der Waals surface area contributed by atoms with E-state index in [-0.39, 0.29) is 63.4 Å². The summed E-state index contributed by atoms with van der Waals surface area (Å²) in [5.74, 6) is -3.10. The molecule has 2 N–H and O–H groups in total. The van der Waals surface area contributed by atoms with Gasteiger partial charge in [0.05, 0.1) is 106 Å². The number of nitrogens with one attached hydrogen (secondary N) is 2. The highest BCUT2D eigenvalue weighted by atomic mass is 35.5. The first-order valence-corrected chi connectivity index (χ1v) is 24.2. The Morgan fingerprint density at radius 3 is 1.70 bits per heavy atom. The number of aromatic nitrogens is 18. The molecule has 0 spiro atoms. The topological polar surface area (TPSA) is 241 Å². The number of fused-ring (bicyclic) bond motifs is 6. The van der Waals surface area contributed by atoms with Gasteiger partial charge in [-0.2, -0.15) is 39.4 Å². The number of carbonyl (C=O) groups excluding carboxylic acids is 2. The van der Waals surface area contributed by atoms with Crippen LogP contribution in [-0.4, -0.2) is 101 Å². The average molecular weight is 1040 g/mol. The Morgan fingerprint density at radius 1 is 0.662 bits per heavy atom. The van der Waals surface area contributed by atoms with Crippen LogP contribution in [-0.2, 0) is 26.8 Å². The highest BCUT2D eigenvalue weighted by Crippen LogP contribution is 2.52. The quantitative estimate of drug-likeness (QED) is 0.126. The van der Waals surface area contributed by atoms with Gasteiger partial charge in [0.15, 0.2) is 22.9 Å². The van der Waals surface area contributed by atoms with E-state index in [4.69, 9.17) is 33.3 Å². The van der Waals surface area contributed by atoms with Gasteiger partial charge in [-0.15, -0.1) is 19.8 Å². The highest BCUT2D eigenvalue weighted by molar-refractivity contribution is 6.32. The van der Waals surface area contributed by atoms with Crippen molar-refractivity contribution in [3.05, 3.63) is 154 Å². The average Bonchev–Trinajstić information content (AvgIpc) is 4.25. The van der Waals surface area contributed by atoms with Crippen molar-refractivity contribution in [2.45, 2.75) is 88.6 Å². The van der Waals surface area contributed by atoms with E-state index in [0.717, 1.165) is 5.56 Å². The lowest BCUT2D eigenvalue weighted by atomic mass is 9.80. The van der Waals surface area contributed by atoms with E-state index < -0.39 is 40.6 Å². The molecule has 10 aromatic rings. The predicted octanol–water partition coefficient (Wildman–Crippen LogP) is 6.95. The fraction of sp³-hybridized carbons (Fsp3) is 0.292. The Hall–Kier alpha value is -8.38. The van der Waals surface area contributed by atoms with Gasteiger partial charge < -0.3 is 10.6 Å². The molecule has 5 atom stereocenters. The van der Waals surface area contributed by atoms with Crippen LogP contribution < -0.4 is 10.6 Å². The number of carbonyl (C=O) groups is 2. The van der Waals surface area contributed by atoms with E-state index >= 15 is 4.39 Å². The number of rotatable bonds is 12. The zero-order valence-corrected chi connectivity index (χ0v) is 41.5. The van der Waals surface area contributed by atoms with Crippen LogP contribution >= 0.6 is 23.2 Å². The van der Waals surface area contributed by atoms with Crippen LogP contribution in [0, 0.1) is 11.9 Å². The van der Waals surface area contributed by atoms with Gasteiger partial charge in [0, 0.05) is 76.4 Å². The summed E-state index contributed by atoms with van der Waals surface area (Å²) in [6.45, 7) is 9.88. The van der Waals surface area contributed by atoms with Crippen molar-refractivity contribution in [1.82, 2.24) is 88.7 Å². The number of nitrogens with zero attached hydrogens (tertiary/aromatic N) is 18. The third-order valence-corrected chi connectivity index (χ3v) is 14.8. The van der Waals surface area contributed by atoms with Crippen LogP contribution in [0.5, 0.6) is 0 Å². The predicted molar refractivity (Wildman–Crippen MR) is 262 cm³/mol. The molecular formula is C48H42Cl2F2N20O2. The molecule has 0 saturated heterocycles. The summed E-state index contributed by atoms with van der Waals surface area (Å²) in [6.07, 6.45) is 20.0. The van der Waals surface area contributed by atoms with Crippen molar-refractivity contribution in [2.75, 3.05) is 10.6 Å². The first-order chi connectivity index (χ1) is 35.6. The van der Waals surface area contributed by atoms with E-state index in [1.807, 2.05) is 51.7 Å². The second-order valence-corrected chi connectivity index (χ2v) is 20.1. The number of amides is 2. The summed E-state index contributed by atoms with van der Waals surface area (Å²) in [5, 5.41) is 40.7. The number of hydrogen-bond donors (Lipinski definition) is 2. The van der Waals surface area contributed by atoms with Crippen LogP contribution in [0.1, 0.15) is 111 Å². The van der Waals surface area contributed by atoms with E-state index in [9.17, 15) is 14.0 Å². The Labute approximate surface area is 427 Å². The van der Waals surface area contributed by atoms with Gasteiger partial charge in [-0.1, -0.05) is 23.2 Å². The largest absolute Gasteiger partial charge is 0.324 e. The standard InChI is InChI=1S/C48H42Cl2F2N20O2/c1-24(2)67-22-26(16-61-67)48(5)15-32(46(74)64-29-12-36(50)44(55-19-29)72-59-8-9-60-72)34-21-56-42-30(41(52)66-70(42)40(34)48)10-25(3)68-23-27(17-62-68)47(4)14-31(33-20-53-38-13-37(51)65-69(38)39(33)47)45(73)63-28-11-35(49)43(54-18-28)71-57-6-7-58-71/h6-9,11-13,16-25,31-32H,10,14-15H2,1-5H3,(H,63,73)(H,64,74)/t25?,31-,32+,47+,48-/m1/s1. The maximum atomic E-state index is 16.6. The first kappa shape index (κ1) is 46.7. The molecule has 0 aliphatic heterocycles. The monoisotopic (exact) mass is 1040 g/mol. The molecule has 374 valence electrons. The van der Waals surface area contributed by atoms with E-state index in [2.05, 4.69) is 61.3 Å². The minimum atomic E-state index is -0.946. The van der Waals surface area contributed by atoms with E-state index in [1.54, 1.807) is 41.6 Å². The highest BCUT2D eigenvalue weighted by Gasteiger charge is 2.50. The third kappa shape index (κ3) is 7.56. The number of hydrogen-bond acceptors (Lipinski definition) is 14. The van der Waals surface area contributed by atoms with Crippen molar-refractivity contribution >= 4 is 57.7 Å². The van der Waals surface area contributed by atoms with Crippen molar-refractivity contribution in [2.24, 2.45) is 0 Å². The molecule has 12 rings (SSSR count). The smallest absolute Gasteiger partial charge is 0.238 e. The van der Waals surface area contributed by atoms with Crippen LogP contribution in [0.15, 0.2) is 92.6 Å². The van der Waals surface area contributed by atoms with Gasteiger partial charge in [0.25, 0.3) is 0 Å². The van der Waals surface area contributed by atoms with E-state index in [1.165, 1.54) is 61.9 Å². The molecule has 2 amide bonds. The van der Waals surface area contributed by atoms with Crippen molar-refractivity contribution < 1.29 is 18.4 Å². The number of pyridine rings is 2. The van der Waals surface area contributed by atoms with Crippen molar-refractivity contribution in [3.8, 4) is 11.6 Å². The molecule has 1 unspecified atom stereocenters. The Balaban J connectivity index is 0.848. The SMILES string of the molecule is CC(C)n1cc([C@@]2(C)C[C@H](C(=O)Nc3cnc(-n4nccn4)c(Cl)c3)c3cnc4c(CC(C)n5cc([C@]6(C)C[C@@H](C(=O)Nc7cnc(-n8nccn8)c(Cl)c7)c7cnc8cc(F)nn8c76)cn5)c(F)nn4c32)cn1. The van der Waals surface area contributed by atoms with Gasteiger partial charge in [0.2, 0.25) is 23.7 Å². The maximum absolute atomic E-state index is 16.6. The molecular weight excluding hydrogens is 998 g/mol. The van der Waals surface area contributed by atoms with Gasteiger partial charge in [0.1, 0.15) is 0 Å². The second kappa shape index (κ2) is 17.4. The lowest BCUT2D eigenvalue weighted by Gasteiger charge is -2.25. The summed E-state index contributed by atoms with van der Waals surface area (Å²) in [6, 6.07) is 3.96. The Bertz CT molecular complexity index is 3850. The molecule has 26 heteroatoms. The number of anilines is 2. The third-order valence-electron chi connectivity index (χ3n) is 14.2. The lowest BCUT2D eigenvalue weighted by molar-refractivity contribution is -0.118. The van der Waals surface area contributed by atoms with Crippen LogP contribution in [0.2, 0.25) is 10.0 Å². The van der Waals surface area contributed by atoms with Crippen molar-refractivity contribution in [1.29, 1.82) is 0 Å².